The number of carbonyl (C=O) groups excluding carboxylic acids is 1. The van der Waals surface area contributed by atoms with E-state index in [-0.39, 0.29) is 5.91 Å². The van der Waals surface area contributed by atoms with Crippen molar-refractivity contribution in [2.75, 3.05) is 5.32 Å². The molecule has 0 fully saturated rings. The molecular weight excluding hydrogens is 455 g/mol. The largest absolute Gasteiger partial charge is 0.304 e. The predicted molar refractivity (Wildman–Crippen MR) is 106 cm³/mol. The van der Waals surface area contributed by atoms with Crippen molar-refractivity contribution in [1.29, 1.82) is 0 Å². The fraction of sp³-hybridized carbons (Fsp3) is 0.0588. The van der Waals surface area contributed by atoms with Crippen LogP contribution in [-0.4, -0.2) is 30.3 Å². The third kappa shape index (κ3) is 3.69. The summed E-state index contributed by atoms with van der Waals surface area (Å²) in [6, 6.07) is 7.12. The Morgan fingerprint density at radius 3 is 2.93 bits per heavy atom. The third-order valence-electron chi connectivity index (χ3n) is 3.80. The zero-order chi connectivity index (χ0) is 19.0. The number of carbonyl (C=O) groups is 1. The molecule has 0 aliphatic rings. The number of aromatic nitrogens is 5. The number of anilines is 1. The fourth-order valence-corrected chi connectivity index (χ4v) is 3.29. The number of halogens is 3. The highest BCUT2D eigenvalue weighted by atomic mass is 79.9. The molecule has 0 unspecified atom stereocenters. The first kappa shape index (κ1) is 18.0. The molecule has 0 aliphatic carbocycles. The van der Waals surface area contributed by atoms with Crippen molar-refractivity contribution < 1.29 is 4.79 Å². The summed E-state index contributed by atoms with van der Waals surface area (Å²) in [5.41, 5.74) is 1.77. The quantitative estimate of drug-likeness (QED) is 0.487. The van der Waals surface area contributed by atoms with E-state index in [1.165, 1.54) is 10.7 Å². The van der Waals surface area contributed by atoms with Crippen molar-refractivity contribution >= 4 is 56.5 Å². The van der Waals surface area contributed by atoms with E-state index in [1.807, 2.05) is 6.07 Å². The van der Waals surface area contributed by atoms with Crippen LogP contribution in [0, 0.1) is 0 Å². The standard InChI is InChI=1S/C17H11BrCl2N6O/c18-12-9-25(8-10-2-3-13(19)14(20)6-10)24-15(12)23-17(27)11-7-22-26-5-1-4-21-16(11)26/h1-7,9H,8H2,(H,23,24,27). The SMILES string of the molecule is O=C(Nc1nn(Cc2ccc(Cl)c(Cl)c2)cc1Br)c1cnn2cccnc12. The van der Waals surface area contributed by atoms with Crippen LogP contribution in [0.3, 0.4) is 0 Å². The van der Waals surface area contributed by atoms with Gasteiger partial charge >= 0.3 is 0 Å². The van der Waals surface area contributed by atoms with E-state index in [4.69, 9.17) is 23.2 Å². The van der Waals surface area contributed by atoms with E-state index in [9.17, 15) is 4.79 Å². The first-order chi connectivity index (χ1) is 13.0. The van der Waals surface area contributed by atoms with Gasteiger partial charge in [0.05, 0.1) is 27.3 Å². The van der Waals surface area contributed by atoms with Crippen molar-refractivity contribution in [3.63, 3.8) is 0 Å². The molecule has 0 radical (unpaired) electrons. The zero-order valence-corrected chi connectivity index (χ0v) is 16.7. The van der Waals surface area contributed by atoms with E-state index in [2.05, 4.69) is 36.4 Å². The van der Waals surface area contributed by atoms with Gasteiger partial charge in [-0.15, -0.1) is 0 Å². The monoisotopic (exact) mass is 464 g/mol. The lowest BCUT2D eigenvalue weighted by Crippen LogP contribution is -2.13. The van der Waals surface area contributed by atoms with Gasteiger partial charge in [-0.25, -0.2) is 9.50 Å². The number of nitrogens with zero attached hydrogens (tertiary/aromatic N) is 5. The predicted octanol–water partition coefficient (Wildman–Crippen LogP) is 4.30. The highest BCUT2D eigenvalue weighted by Crippen LogP contribution is 2.25. The van der Waals surface area contributed by atoms with Gasteiger partial charge in [0.1, 0.15) is 5.56 Å². The van der Waals surface area contributed by atoms with Gasteiger partial charge in [0.2, 0.25) is 0 Å². The van der Waals surface area contributed by atoms with Crippen LogP contribution in [0.25, 0.3) is 5.65 Å². The summed E-state index contributed by atoms with van der Waals surface area (Å²) in [7, 11) is 0. The highest BCUT2D eigenvalue weighted by molar-refractivity contribution is 9.10. The van der Waals surface area contributed by atoms with Crippen LogP contribution >= 0.6 is 39.1 Å². The second-order valence-electron chi connectivity index (χ2n) is 5.67. The number of nitrogens with one attached hydrogen (secondary N) is 1. The Morgan fingerprint density at radius 1 is 1.26 bits per heavy atom. The number of benzene rings is 1. The first-order valence-electron chi connectivity index (χ1n) is 7.78. The molecule has 0 spiro atoms. The van der Waals surface area contributed by atoms with Crippen LogP contribution in [0.2, 0.25) is 10.0 Å². The molecule has 0 bridgehead atoms. The average molecular weight is 466 g/mol. The Morgan fingerprint density at radius 2 is 2.11 bits per heavy atom. The third-order valence-corrected chi connectivity index (χ3v) is 5.12. The maximum atomic E-state index is 12.6. The van der Waals surface area contributed by atoms with Crippen LogP contribution < -0.4 is 5.32 Å². The normalized spacial score (nSPS) is 11.1. The summed E-state index contributed by atoms with van der Waals surface area (Å²) in [5.74, 6) is 0.0551. The van der Waals surface area contributed by atoms with Gasteiger partial charge in [0.15, 0.2) is 11.5 Å². The molecule has 0 aliphatic heterocycles. The van der Waals surface area contributed by atoms with Crippen LogP contribution in [0.15, 0.2) is 53.5 Å². The molecule has 1 amide bonds. The van der Waals surface area contributed by atoms with Crippen LogP contribution in [-0.2, 0) is 6.54 Å². The average Bonchev–Trinajstić information content (AvgIpc) is 3.22. The van der Waals surface area contributed by atoms with Crippen molar-refractivity contribution in [2.24, 2.45) is 0 Å². The molecule has 1 aromatic carbocycles. The minimum Gasteiger partial charge on any atom is -0.304 e. The molecule has 27 heavy (non-hydrogen) atoms. The Bertz CT molecular complexity index is 1160. The minimum atomic E-state index is -0.343. The maximum Gasteiger partial charge on any atom is 0.262 e. The molecule has 3 heterocycles. The van der Waals surface area contributed by atoms with E-state index in [0.717, 1.165) is 5.56 Å². The Kier molecular flexibility index (Phi) is 4.86. The molecule has 0 saturated heterocycles. The molecule has 4 rings (SSSR count). The lowest BCUT2D eigenvalue weighted by molar-refractivity contribution is 0.102. The van der Waals surface area contributed by atoms with E-state index < -0.39 is 0 Å². The van der Waals surface area contributed by atoms with E-state index >= 15 is 0 Å². The van der Waals surface area contributed by atoms with Crippen LogP contribution in [0.1, 0.15) is 15.9 Å². The molecule has 7 nitrogen and oxygen atoms in total. The smallest absolute Gasteiger partial charge is 0.262 e. The van der Waals surface area contributed by atoms with E-state index in [0.29, 0.717) is 38.1 Å². The Balaban J connectivity index is 1.54. The van der Waals surface area contributed by atoms with Crippen molar-refractivity contribution in [2.45, 2.75) is 6.54 Å². The van der Waals surface area contributed by atoms with Gasteiger partial charge in [-0.1, -0.05) is 29.3 Å². The lowest BCUT2D eigenvalue weighted by Gasteiger charge is -2.04. The molecule has 4 aromatic rings. The summed E-state index contributed by atoms with van der Waals surface area (Å²) < 4.78 is 3.88. The lowest BCUT2D eigenvalue weighted by atomic mass is 10.2. The number of fused-ring (bicyclic) bond motifs is 1. The van der Waals surface area contributed by atoms with Gasteiger partial charge in [-0.3, -0.25) is 9.48 Å². The molecule has 0 atom stereocenters. The molecule has 1 N–H and O–H groups in total. The summed E-state index contributed by atoms with van der Waals surface area (Å²) >= 11 is 15.4. The van der Waals surface area contributed by atoms with Gasteiger partial charge in [-0.05, 0) is 39.7 Å². The molecule has 136 valence electrons. The Hall–Kier alpha value is -2.42. The van der Waals surface area contributed by atoms with Gasteiger partial charge < -0.3 is 5.32 Å². The molecule has 0 saturated carbocycles. The van der Waals surface area contributed by atoms with Gasteiger partial charge in [0, 0.05) is 18.6 Å². The summed E-state index contributed by atoms with van der Waals surface area (Å²) in [6.07, 6.45) is 6.57. The second-order valence-corrected chi connectivity index (χ2v) is 7.34. The van der Waals surface area contributed by atoms with Crippen LogP contribution in [0.5, 0.6) is 0 Å². The maximum absolute atomic E-state index is 12.6. The Labute approximate surface area is 172 Å². The summed E-state index contributed by atoms with van der Waals surface area (Å²) in [4.78, 5) is 16.8. The number of rotatable bonds is 4. The van der Waals surface area contributed by atoms with E-state index in [1.54, 1.807) is 41.5 Å². The number of amides is 1. The van der Waals surface area contributed by atoms with Crippen molar-refractivity contribution in [1.82, 2.24) is 24.4 Å². The summed E-state index contributed by atoms with van der Waals surface area (Å²) in [5, 5.41) is 12.3. The first-order valence-corrected chi connectivity index (χ1v) is 9.33. The van der Waals surface area contributed by atoms with Crippen LogP contribution in [0.4, 0.5) is 5.82 Å². The van der Waals surface area contributed by atoms with Gasteiger partial charge in [0.25, 0.3) is 5.91 Å². The molecule has 3 aromatic heterocycles. The molecule has 10 heteroatoms. The second kappa shape index (κ2) is 7.30. The van der Waals surface area contributed by atoms with Crippen molar-refractivity contribution in [3.8, 4) is 0 Å². The minimum absolute atomic E-state index is 0.343. The van der Waals surface area contributed by atoms with Crippen molar-refractivity contribution in [3.05, 3.63) is 74.7 Å². The highest BCUT2D eigenvalue weighted by Gasteiger charge is 2.17. The number of hydrogen-bond donors (Lipinski definition) is 1. The zero-order valence-electron chi connectivity index (χ0n) is 13.6. The van der Waals surface area contributed by atoms with Gasteiger partial charge in [-0.2, -0.15) is 10.2 Å². The topological polar surface area (TPSA) is 77.1 Å². The fourth-order valence-electron chi connectivity index (χ4n) is 2.55. The number of hydrogen-bond acceptors (Lipinski definition) is 4. The summed E-state index contributed by atoms with van der Waals surface area (Å²) in [6.45, 7) is 0.476. The molecular formula is C17H11BrCl2N6O.